The van der Waals surface area contributed by atoms with E-state index >= 15 is 0 Å². The number of carbonyl (C=O) groups is 2. The Balaban J connectivity index is 2.08. The maximum Gasteiger partial charge on any atom is 0.410 e. The third kappa shape index (κ3) is 6.05. The lowest BCUT2D eigenvalue weighted by molar-refractivity contribution is -0.143. The largest absolute Gasteiger partial charge is 0.465 e. The molecule has 0 radical (unpaired) electrons. The summed E-state index contributed by atoms with van der Waals surface area (Å²) in [5.74, 6) is -0.859. The minimum absolute atomic E-state index is 0.0819. The highest BCUT2D eigenvalue weighted by Crippen LogP contribution is 2.33. The first kappa shape index (κ1) is 25.5. The van der Waals surface area contributed by atoms with Crippen molar-refractivity contribution in [3.8, 4) is 11.3 Å². The number of carbonyl (C=O) groups excluding carboxylic acids is 2. The van der Waals surface area contributed by atoms with Crippen molar-refractivity contribution in [2.45, 2.75) is 53.3 Å². The van der Waals surface area contributed by atoms with Crippen LogP contribution in [-0.2, 0) is 27.4 Å². The fraction of sp³-hybridized carbons (Fsp3) is 0.400. The number of ether oxygens (including phenoxy) is 2. The van der Waals surface area contributed by atoms with Crippen LogP contribution >= 0.6 is 11.6 Å². The summed E-state index contributed by atoms with van der Waals surface area (Å²) in [6.07, 6.45) is -0.494. The van der Waals surface area contributed by atoms with Crippen LogP contribution < -0.4 is 0 Å². The monoisotopic (exact) mass is 489 g/mol. The Morgan fingerprint density at radius 3 is 2.53 bits per heavy atom. The Bertz CT molecular complexity index is 1200. The van der Waals surface area contributed by atoms with Gasteiger partial charge in [0.15, 0.2) is 0 Å². The van der Waals surface area contributed by atoms with Gasteiger partial charge in [-0.15, -0.1) is 0 Å². The van der Waals surface area contributed by atoms with Crippen LogP contribution in [0.25, 0.3) is 22.2 Å². The molecule has 2 aromatic carbocycles. The number of nitrogens with zero attached hydrogens (tertiary/aromatic N) is 3. The molecule has 0 bridgehead atoms. The Morgan fingerprint density at radius 2 is 1.88 bits per heavy atom. The van der Waals surface area contributed by atoms with Gasteiger partial charge in [-0.3, -0.25) is 9.48 Å². The molecule has 182 valence electrons. The number of amides is 1. The normalized spacial score (nSPS) is 11.5. The molecule has 34 heavy (non-hydrogen) atoms. The van der Waals surface area contributed by atoms with E-state index in [9.17, 15) is 14.0 Å². The van der Waals surface area contributed by atoms with Crippen LogP contribution in [0.4, 0.5) is 9.18 Å². The van der Waals surface area contributed by atoms with Crippen molar-refractivity contribution < 1.29 is 23.5 Å². The van der Waals surface area contributed by atoms with Gasteiger partial charge >= 0.3 is 12.1 Å². The number of rotatable bonds is 7. The molecule has 1 amide bonds. The first-order valence-corrected chi connectivity index (χ1v) is 11.5. The van der Waals surface area contributed by atoms with E-state index in [1.807, 2.05) is 6.92 Å². The SMILES string of the molecule is CCOC(=O)Cn1nc(-c2ccc(F)cc2CN(CC)C(=O)OC(C)(C)C)c2cc(Cl)ccc21. The zero-order chi connectivity index (χ0) is 25.0. The molecule has 3 aromatic rings. The molecule has 7 nitrogen and oxygen atoms in total. The van der Waals surface area contributed by atoms with E-state index in [2.05, 4.69) is 5.10 Å². The number of halogens is 2. The second-order valence-electron chi connectivity index (χ2n) is 8.77. The lowest BCUT2D eigenvalue weighted by atomic mass is 10.0. The van der Waals surface area contributed by atoms with E-state index in [1.165, 1.54) is 21.7 Å². The fourth-order valence-electron chi connectivity index (χ4n) is 3.56. The standard InChI is InChI=1S/C25H29ClFN3O4/c1-6-29(24(32)34-25(3,4)5)14-16-12-18(27)9-10-19(16)23-20-13-17(26)8-11-21(20)30(28-23)15-22(31)33-7-2/h8-13H,6-7,14-15H2,1-5H3. The van der Waals surface area contributed by atoms with E-state index in [1.54, 1.807) is 52.0 Å². The molecule has 0 aliphatic heterocycles. The Morgan fingerprint density at radius 1 is 1.15 bits per heavy atom. The first-order valence-electron chi connectivity index (χ1n) is 11.1. The molecule has 0 saturated carbocycles. The fourth-order valence-corrected chi connectivity index (χ4v) is 3.73. The Kier molecular flexibility index (Phi) is 7.82. The van der Waals surface area contributed by atoms with Crippen LogP contribution in [-0.4, -0.2) is 45.5 Å². The number of aromatic nitrogens is 2. The number of esters is 1. The van der Waals surface area contributed by atoms with E-state index in [0.717, 1.165) is 0 Å². The number of benzene rings is 2. The summed E-state index contributed by atoms with van der Waals surface area (Å²) in [4.78, 5) is 26.3. The van der Waals surface area contributed by atoms with Gasteiger partial charge in [0.2, 0.25) is 0 Å². The van der Waals surface area contributed by atoms with Gasteiger partial charge in [0.25, 0.3) is 0 Å². The molecule has 1 aromatic heterocycles. The van der Waals surface area contributed by atoms with E-state index < -0.39 is 23.5 Å². The van der Waals surface area contributed by atoms with Gasteiger partial charge in [-0.05, 0) is 76.6 Å². The summed E-state index contributed by atoms with van der Waals surface area (Å²) in [5.41, 5.74) is 1.72. The highest BCUT2D eigenvalue weighted by atomic mass is 35.5. The Labute approximate surface area is 203 Å². The summed E-state index contributed by atoms with van der Waals surface area (Å²) in [7, 11) is 0. The third-order valence-electron chi connectivity index (χ3n) is 5.01. The van der Waals surface area contributed by atoms with Gasteiger partial charge in [0.1, 0.15) is 23.7 Å². The van der Waals surface area contributed by atoms with Gasteiger partial charge in [0, 0.05) is 29.1 Å². The van der Waals surface area contributed by atoms with Crippen LogP contribution in [0.5, 0.6) is 0 Å². The lowest BCUT2D eigenvalue weighted by Gasteiger charge is -2.27. The van der Waals surface area contributed by atoms with Crippen molar-refractivity contribution in [3.63, 3.8) is 0 Å². The zero-order valence-electron chi connectivity index (χ0n) is 20.0. The summed E-state index contributed by atoms with van der Waals surface area (Å²) in [5, 5.41) is 5.85. The van der Waals surface area contributed by atoms with Crippen molar-refractivity contribution >= 4 is 34.6 Å². The van der Waals surface area contributed by atoms with Crippen LogP contribution in [0.1, 0.15) is 40.2 Å². The van der Waals surface area contributed by atoms with Crippen molar-refractivity contribution in [1.82, 2.24) is 14.7 Å². The highest BCUT2D eigenvalue weighted by Gasteiger charge is 2.24. The maximum atomic E-state index is 14.3. The first-order chi connectivity index (χ1) is 16.0. The second kappa shape index (κ2) is 10.4. The second-order valence-corrected chi connectivity index (χ2v) is 9.21. The minimum Gasteiger partial charge on any atom is -0.465 e. The average Bonchev–Trinajstić information content (AvgIpc) is 3.08. The maximum absolute atomic E-state index is 14.3. The molecule has 9 heteroatoms. The molecular formula is C25H29ClFN3O4. The summed E-state index contributed by atoms with van der Waals surface area (Å²) >= 11 is 6.26. The van der Waals surface area contributed by atoms with E-state index in [-0.39, 0.29) is 19.7 Å². The molecular weight excluding hydrogens is 461 g/mol. The number of hydrogen-bond donors (Lipinski definition) is 0. The van der Waals surface area contributed by atoms with E-state index in [4.69, 9.17) is 21.1 Å². The smallest absolute Gasteiger partial charge is 0.410 e. The predicted octanol–water partition coefficient (Wildman–Crippen LogP) is 5.82. The topological polar surface area (TPSA) is 73.7 Å². The van der Waals surface area contributed by atoms with Gasteiger partial charge < -0.3 is 14.4 Å². The molecule has 0 saturated heterocycles. The third-order valence-corrected chi connectivity index (χ3v) is 5.25. The minimum atomic E-state index is -0.659. The summed E-state index contributed by atoms with van der Waals surface area (Å²) < 4.78 is 26.4. The van der Waals surface area contributed by atoms with Crippen LogP contribution in [0.2, 0.25) is 5.02 Å². The van der Waals surface area contributed by atoms with Gasteiger partial charge in [-0.2, -0.15) is 5.10 Å². The van der Waals surface area contributed by atoms with Gasteiger partial charge in [-0.25, -0.2) is 9.18 Å². The molecule has 0 unspecified atom stereocenters. The van der Waals surface area contributed by atoms with Crippen molar-refractivity contribution in [2.24, 2.45) is 0 Å². The molecule has 0 N–H and O–H groups in total. The molecule has 0 aliphatic carbocycles. The molecule has 0 atom stereocenters. The van der Waals surface area contributed by atoms with Gasteiger partial charge in [0.05, 0.1) is 12.1 Å². The number of hydrogen-bond acceptors (Lipinski definition) is 5. The van der Waals surface area contributed by atoms with E-state index in [0.29, 0.717) is 39.3 Å². The lowest BCUT2D eigenvalue weighted by Crippen LogP contribution is -2.36. The molecule has 0 spiro atoms. The molecule has 0 fully saturated rings. The van der Waals surface area contributed by atoms with Crippen molar-refractivity contribution in [1.29, 1.82) is 0 Å². The van der Waals surface area contributed by atoms with Crippen LogP contribution in [0.15, 0.2) is 36.4 Å². The molecule has 0 aliphatic rings. The Hall–Kier alpha value is -3.13. The van der Waals surface area contributed by atoms with Gasteiger partial charge in [-0.1, -0.05) is 11.6 Å². The average molecular weight is 490 g/mol. The quantitative estimate of drug-likeness (QED) is 0.391. The van der Waals surface area contributed by atoms with Crippen molar-refractivity contribution in [3.05, 3.63) is 52.8 Å². The summed E-state index contributed by atoms with van der Waals surface area (Å²) in [6, 6.07) is 9.57. The van der Waals surface area contributed by atoms with Crippen LogP contribution in [0.3, 0.4) is 0 Å². The predicted molar refractivity (Wildman–Crippen MR) is 129 cm³/mol. The summed E-state index contributed by atoms with van der Waals surface area (Å²) in [6.45, 7) is 9.60. The molecule has 1 heterocycles. The highest BCUT2D eigenvalue weighted by molar-refractivity contribution is 6.31. The van der Waals surface area contributed by atoms with Crippen molar-refractivity contribution in [2.75, 3.05) is 13.2 Å². The number of fused-ring (bicyclic) bond motifs is 1. The van der Waals surface area contributed by atoms with Crippen LogP contribution in [0, 0.1) is 5.82 Å². The molecule has 3 rings (SSSR count). The zero-order valence-corrected chi connectivity index (χ0v) is 20.8.